The first-order valence-corrected chi connectivity index (χ1v) is 13.6. The van der Waals surface area contributed by atoms with Crippen LogP contribution in [0.3, 0.4) is 0 Å². The molecule has 0 spiro atoms. The number of hydrogen-bond acceptors (Lipinski definition) is 5. The van der Waals surface area contributed by atoms with Crippen LogP contribution >= 0.6 is 27.5 Å². The molecule has 0 aliphatic carbocycles. The zero-order valence-electron chi connectivity index (χ0n) is 20.9. The van der Waals surface area contributed by atoms with Crippen LogP contribution in [-0.4, -0.2) is 42.2 Å². The Morgan fingerprint density at radius 1 is 1.16 bits per heavy atom. The molecule has 198 valence electrons. The van der Waals surface area contributed by atoms with Crippen molar-refractivity contribution in [3.8, 4) is 5.75 Å². The van der Waals surface area contributed by atoms with Gasteiger partial charge in [0.2, 0.25) is 5.90 Å². The second-order valence-electron chi connectivity index (χ2n) is 8.90. The summed E-state index contributed by atoms with van der Waals surface area (Å²) in [5.41, 5.74) is 1.25. The number of ether oxygens (including phenoxy) is 2. The van der Waals surface area contributed by atoms with E-state index in [0.717, 1.165) is 21.2 Å². The largest absolute Gasteiger partial charge is 0.494 e. The van der Waals surface area contributed by atoms with Gasteiger partial charge in [0.25, 0.3) is 5.91 Å². The molecule has 1 aliphatic heterocycles. The summed E-state index contributed by atoms with van der Waals surface area (Å²) in [7, 11) is 0. The lowest BCUT2D eigenvalue weighted by Crippen LogP contribution is -2.48. The lowest BCUT2D eigenvalue weighted by atomic mass is 9.84. The van der Waals surface area contributed by atoms with E-state index in [1.165, 1.54) is 0 Å². The Balaban J connectivity index is 1.63. The molecule has 1 amide bonds. The second kappa shape index (κ2) is 13.1. The van der Waals surface area contributed by atoms with Crippen molar-refractivity contribution < 1.29 is 19.4 Å². The highest BCUT2D eigenvalue weighted by atomic mass is 79.9. The van der Waals surface area contributed by atoms with Gasteiger partial charge in [0.1, 0.15) is 5.75 Å². The zero-order chi connectivity index (χ0) is 27.0. The Labute approximate surface area is 236 Å². The van der Waals surface area contributed by atoms with Crippen molar-refractivity contribution in [3.63, 3.8) is 0 Å². The highest BCUT2D eigenvalue weighted by Crippen LogP contribution is 2.44. The molecule has 0 fully saturated rings. The molecule has 0 bridgehead atoms. The fourth-order valence-corrected chi connectivity index (χ4v) is 5.09. The average molecular weight is 598 g/mol. The first-order valence-electron chi connectivity index (χ1n) is 12.5. The third-order valence-electron chi connectivity index (χ3n) is 6.31. The van der Waals surface area contributed by atoms with Gasteiger partial charge in [-0.1, -0.05) is 70.0 Å². The van der Waals surface area contributed by atoms with E-state index in [1.54, 1.807) is 6.08 Å². The SMILES string of the molecule is C=CC[C@@]1(C(=O)NCCc2ccccc2Cl)N=C(c2ccc(OCCCO)cc2)O[C@@H]1c1ccccc1Br. The number of nitrogens with one attached hydrogen (secondary N) is 1. The van der Waals surface area contributed by atoms with Gasteiger partial charge < -0.3 is 19.9 Å². The van der Waals surface area contributed by atoms with Gasteiger partial charge in [-0.2, -0.15) is 0 Å². The molecule has 1 aliphatic rings. The van der Waals surface area contributed by atoms with Crippen molar-refractivity contribution in [1.82, 2.24) is 5.32 Å². The number of aliphatic hydroxyl groups excluding tert-OH is 1. The Hall–Kier alpha value is -3.13. The lowest BCUT2D eigenvalue weighted by molar-refractivity contribution is -0.128. The topological polar surface area (TPSA) is 80.2 Å². The lowest BCUT2D eigenvalue weighted by Gasteiger charge is -2.30. The summed E-state index contributed by atoms with van der Waals surface area (Å²) >= 11 is 9.93. The van der Waals surface area contributed by atoms with Crippen LogP contribution in [0.25, 0.3) is 0 Å². The van der Waals surface area contributed by atoms with Crippen LogP contribution in [-0.2, 0) is 16.0 Å². The van der Waals surface area contributed by atoms with Gasteiger partial charge in [-0.05, 0) is 48.4 Å². The summed E-state index contributed by atoms with van der Waals surface area (Å²) in [6, 6.07) is 22.6. The van der Waals surface area contributed by atoms with Crippen LogP contribution in [0.4, 0.5) is 0 Å². The van der Waals surface area contributed by atoms with Gasteiger partial charge in [-0.3, -0.25) is 4.79 Å². The molecule has 2 atom stereocenters. The van der Waals surface area contributed by atoms with Gasteiger partial charge in [0, 0.05) is 46.6 Å². The van der Waals surface area contributed by atoms with Crippen LogP contribution in [0, 0.1) is 0 Å². The number of aliphatic hydroxyl groups is 1. The normalized spacial score (nSPS) is 18.4. The summed E-state index contributed by atoms with van der Waals surface area (Å²) in [5.74, 6) is 0.803. The van der Waals surface area contributed by atoms with E-state index < -0.39 is 11.6 Å². The third-order valence-corrected chi connectivity index (χ3v) is 7.40. The van der Waals surface area contributed by atoms with Crippen LogP contribution in [0.5, 0.6) is 5.75 Å². The van der Waals surface area contributed by atoms with E-state index in [4.69, 9.17) is 31.2 Å². The minimum Gasteiger partial charge on any atom is -0.494 e. The second-order valence-corrected chi connectivity index (χ2v) is 10.2. The number of aliphatic imine (C=N–C) groups is 1. The minimum atomic E-state index is -1.25. The smallest absolute Gasteiger partial charge is 0.252 e. The Bertz CT molecular complexity index is 1300. The fourth-order valence-electron chi connectivity index (χ4n) is 4.36. The molecule has 6 nitrogen and oxygen atoms in total. The van der Waals surface area contributed by atoms with E-state index in [0.29, 0.717) is 42.7 Å². The fraction of sp³-hybridized carbons (Fsp3) is 0.267. The maximum absolute atomic E-state index is 13.9. The van der Waals surface area contributed by atoms with Gasteiger partial charge >= 0.3 is 0 Å². The molecule has 3 aromatic rings. The van der Waals surface area contributed by atoms with Crippen molar-refractivity contribution in [2.45, 2.75) is 30.9 Å². The molecule has 0 saturated heterocycles. The standard InChI is InChI=1S/C30H30BrClN2O4/c1-2-17-30(29(36)33-18-16-21-8-3-6-11-26(21)32)27(24-9-4-5-10-25(24)31)38-28(34-30)22-12-14-23(15-13-22)37-20-7-19-35/h2-6,8-15,27,35H,1,7,16-20H2,(H,33,36)/t27-,30-/m1/s1. The summed E-state index contributed by atoms with van der Waals surface area (Å²) in [6.07, 6.45) is 2.45. The number of carbonyl (C=O) groups is 1. The van der Waals surface area contributed by atoms with E-state index in [1.807, 2.05) is 72.8 Å². The van der Waals surface area contributed by atoms with Crippen molar-refractivity contribution in [2.75, 3.05) is 19.8 Å². The first kappa shape index (κ1) is 27.9. The molecule has 1 heterocycles. The Morgan fingerprint density at radius 3 is 2.61 bits per heavy atom. The molecule has 3 aromatic carbocycles. The molecular weight excluding hydrogens is 568 g/mol. The predicted octanol–water partition coefficient (Wildman–Crippen LogP) is 6.06. The maximum Gasteiger partial charge on any atom is 0.252 e. The summed E-state index contributed by atoms with van der Waals surface area (Å²) in [6.45, 7) is 4.82. The molecule has 0 unspecified atom stereocenters. The number of amides is 1. The molecule has 2 N–H and O–H groups in total. The van der Waals surface area contributed by atoms with E-state index in [2.05, 4.69) is 27.8 Å². The van der Waals surface area contributed by atoms with Gasteiger partial charge in [0.15, 0.2) is 11.6 Å². The van der Waals surface area contributed by atoms with Crippen molar-refractivity contribution in [1.29, 1.82) is 0 Å². The van der Waals surface area contributed by atoms with E-state index in [9.17, 15) is 4.79 Å². The summed E-state index contributed by atoms with van der Waals surface area (Å²) in [5, 5.41) is 12.7. The minimum absolute atomic E-state index is 0.0744. The Kier molecular flexibility index (Phi) is 9.61. The molecule has 0 saturated carbocycles. The summed E-state index contributed by atoms with van der Waals surface area (Å²) in [4.78, 5) is 18.8. The molecular formula is C30H30BrClN2O4. The van der Waals surface area contributed by atoms with E-state index in [-0.39, 0.29) is 18.9 Å². The zero-order valence-corrected chi connectivity index (χ0v) is 23.2. The molecule has 0 radical (unpaired) electrons. The Morgan fingerprint density at radius 2 is 1.89 bits per heavy atom. The van der Waals surface area contributed by atoms with Crippen LogP contribution in [0.2, 0.25) is 5.02 Å². The van der Waals surface area contributed by atoms with Crippen molar-refractivity contribution >= 4 is 39.3 Å². The molecule has 4 rings (SSSR count). The summed E-state index contributed by atoms with van der Waals surface area (Å²) < 4.78 is 12.9. The quantitative estimate of drug-likeness (QED) is 0.197. The molecule has 38 heavy (non-hydrogen) atoms. The average Bonchev–Trinajstić information content (AvgIpc) is 3.31. The number of carbonyl (C=O) groups excluding carboxylic acids is 1. The van der Waals surface area contributed by atoms with Crippen LogP contribution in [0.1, 0.15) is 35.6 Å². The maximum atomic E-state index is 13.9. The third kappa shape index (κ3) is 6.29. The van der Waals surface area contributed by atoms with Crippen LogP contribution < -0.4 is 10.1 Å². The van der Waals surface area contributed by atoms with Gasteiger partial charge in [0.05, 0.1) is 6.61 Å². The monoisotopic (exact) mass is 596 g/mol. The van der Waals surface area contributed by atoms with Gasteiger partial charge in [-0.15, -0.1) is 6.58 Å². The van der Waals surface area contributed by atoms with Crippen LogP contribution in [0.15, 0.2) is 94.9 Å². The highest BCUT2D eigenvalue weighted by Gasteiger charge is 2.52. The number of hydrogen-bond donors (Lipinski definition) is 2. The van der Waals surface area contributed by atoms with Gasteiger partial charge in [-0.25, -0.2) is 4.99 Å². The van der Waals surface area contributed by atoms with Crippen molar-refractivity contribution in [2.24, 2.45) is 4.99 Å². The number of halogens is 2. The molecule has 8 heteroatoms. The van der Waals surface area contributed by atoms with E-state index >= 15 is 0 Å². The number of rotatable bonds is 12. The number of nitrogens with zero attached hydrogens (tertiary/aromatic N) is 1. The first-order chi connectivity index (χ1) is 18.5. The predicted molar refractivity (Wildman–Crippen MR) is 154 cm³/mol. The molecule has 0 aromatic heterocycles. The van der Waals surface area contributed by atoms with Crippen molar-refractivity contribution in [3.05, 3.63) is 112 Å². The highest BCUT2D eigenvalue weighted by molar-refractivity contribution is 9.10. The number of benzene rings is 3.